The van der Waals surface area contributed by atoms with Crippen molar-refractivity contribution < 1.29 is 14.7 Å². The topological polar surface area (TPSA) is 96.1 Å². The van der Waals surface area contributed by atoms with Crippen LogP contribution in [0.5, 0.6) is 0 Å². The number of carbonyl (C=O) groups excluding carboxylic acids is 1. The van der Waals surface area contributed by atoms with Gasteiger partial charge in [-0.05, 0) is 24.6 Å². The fraction of sp³-hybridized carbons (Fsp3) is 0.0667. The Bertz CT molecular complexity index is 909. The van der Waals surface area contributed by atoms with E-state index in [2.05, 4.69) is 15.5 Å². The molecule has 2 N–H and O–H groups in total. The molecule has 116 valence electrons. The third-order valence-electron chi connectivity index (χ3n) is 3.19. The van der Waals surface area contributed by atoms with Crippen LogP contribution in [0.4, 0.5) is 0 Å². The number of fused-ring (bicyclic) bond motifs is 1. The summed E-state index contributed by atoms with van der Waals surface area (Å²) < 4.78 is 1.71. The van der Waals surface area contributed by atoms with Gasteiger partial charge in [0.1, 0.15) is 5.69 Å². The van der Waals surface area contributed by atoms with E-state index in [1.807, 2.05) is 5.38 Å². The summed E-state index contributed by atoms with van der Waals surface area (Å²) in [5.74, 6) is -1.34. The first-order valence-electron chi connectivity index (χ1n) is 6.65. The lowest BCUT2D eigenvalue weighted by Gasteiger charge is -2.00. The van der Waals surface area contributed by atoms with E-state index < -0.39 is 5.97 Å². The van der Waals surface area contributed by atoms with Crippen LogP contribution in [0.25, 0.3) is 4.96 Å². The predicted molar refractivity (Wildman–Crippen MR) is 86.3 cm³/mol. The molecule has 0 saturated carbocycles. The van der Waals surface area contributed by atoms with Crippen molar-refractivity contribution in [1.82, 2.24) is 14.8 Å². The van der Waals surface area contributed by atoms with Crippen molar-refractivity contribution in [1.29, 1.82) is 0 Å². The monoisotopic (exact) mass is 328 g/mol. The Morgan fingerprint density at radius 1 is 1.35 bits per heavy atom. The van der Waals surface area contributed by atoms with E-state index in [-0.39, 0.29) is 11.5 Å². The number of amides is 1. The molecule has 7 nitrogen and oxygen atoms in total. The summed E-state index contributed by atoms with van der Waals surface area (Å²) in [6.45, 7) is 1.77. The maximum atomic E-state index is 12.2. The zero-order valence-corrected chi connectivity index (χ0v) is 12.9. The number of carbonyl (C=O) groups is 2. The molecule has 0 spiro atoms. The Kier molecular flexibility index (Phi) is 3.90. The molecule has 0 atom stereocenters. The van der Waals surface area contributed by atoms with E-state index >= 15 is 0 Å². The van der Waals surface area contributed by atoms with Crippen LogP contribution in [0.2, 0.25) is 0 Å². The summed E-state index contributed by atoms with van der Waals surface area (Å²) in [4.78, 5) is 28.0. The highest BCUT2D eigenvalue weighted by molar-refractivity contribution is 7.15. The lowest BCUT2D eigenvalue weighted by Crippen LogP contribution is -2.20. The number of aromatic nitrogens is 2. The van der Waals surface area contributed by atoms with Gasteiger partial charge in [0.05, 0.1) is 17.5 Å². The quantitative estimate of drug-likeness (QED) is 0.566. The first-order chi connectivity index (χ1) is 11.1. The smallest absolute Gasteiger partial charge is 0.335 e. The molecule has 0 aliphatic heterocycles. The molecule has 3 aromatic rings. The lowest BCUT2D eigenvalue weighted by molar-refractivity contribution is 0.0696. The molecule has 2 aromatic heterocycles. The van der Waals surface area contributed by atoms with Crippen LogP contribution >= 0.6 is 11.3 Å². The number of benzene rings is 1. The van der Waals surface area contributed by atoms with Gasteiger partial charge in [-0.2, -0.15) is 5.10 Å². The summed E-state index contributed by atoms with van der Waals surface area (Å²) in [5, 5.41) is 14.6. The van der Waals surface area contributed by atoms with Gasteiger partial charge in [-0.1, -0.05) is 12.1 Å². The van der Waals surface area contributed by atoms with Gasteiger partial charge in [-0.3, -0.25) is 9.20 Å². The number of nitrogens with one attached hydrogen (secondary N) is 1. The Morgan fingerprint density at radius 2 is 2.09 bits per heavy atom. The maximum Gasteiger partial charge on any atom is 0.335 e. The molecular formula is C15H12N4O3S. The highest BCUT2D eigenvalue weighted by Gasteiger charge is 2.16. The SMILES string of the molecule is Cc1nc2sccn2c1C(=O)NN=Cc1ccc(C(=O)O)cc1. The fourth-order valence-electron chi connectivity index (χ4n) is 2.10. The van der Waals surface area contributed by atoms with Gasteiger partial charge in [0.15, 0.2) is 4.96 Å². The van der Waals surface area contributed by atoms with Gasteiger partial charge in [0, 0.05) is 11.6 Å². The van der Waals surface area contributed by atoms with Gasteiger partial charge >= 0.3 is 5.97 Å². The van der Waals surface area contributed by atoms with E-state index in [9.17, 15) is 9.59 Å². The maximum absolute atomic E-state index is 12.2. The normalized spacial score (nSPS) is 11.2. The van der Waals surface area contributed by atoms with Gasteiger partial charge in [0.25, 0.3) is 5.91 Å². The summed E-state index contributed by atoms with van der Waals surface area (Å²) in [6, 6.07) is 6.17. The number of hydrogen-bond acceptors (Lipinski definition) is 5. The van der Waals surface area contributed by atoms with Gasteiger partial charge < -0.3 is 5.11 Å². The first kappa shape index (κ1) is 14.9. The number of thiazole rings is 1. The summed E-state index contributed by atoms with van der Waals surface area (Å²) in [6.07, 6.45) is 3.23. The van der Waals surface area contributed by atoms with Crippen LogP contribution < -0.4 is 5.43 Å². The number of aromatic carboxylic acids is 1. The second-order valence-electron chi connectivity index (χ2n) is 4.73. The largest absolute Gasteiger partial charge is 0.478 e. The van der Waals surface area contributed by atoms with Gasteiger partial charge in [-0.15, -0.1) is 11.3 Å². The lowest BCUT2D eigenvalue weighted by atomic mass is 10.1. The third kappa shape index (κ3) is 2.97. The summed E-state index contributed by atoms with van der Waals surface area (Å²) in [5.41, 5.74) is 4.41. The van der Waals surface area contributed by atoms with E-state index in [1.54, 1.807) is 29.7 Å². The highest BCUT2D eigenvalue weighted by atomic mass is 32.1. The number of aryl methyl sites for hydroxylation is 1. The molecule has 2 heterocycles. The zero-order valence-electron chi connectivity index (χ0n) is 12.1. The van der Waals surface area contributed by atoms with Crippen LogP contribution in [-0.2, 0) is 0 Å². The zero-order chi connectivity index (χ0) is 16.4. The molecule has 23 heavy (non-hydrogen) atoms. The molecule has 0 unspecified atom stereocenters. The number of carboxylic acid groups (broad SMARTS) is 1. The van der Waals surface area contributed by atoms with Gasteiger partial charge in [-0.25, -0.2) is 15.2 Å². The molecule has 0 bridgehead atoms. The minimum absolute atomic E-state index is 0.195. The van der Waals surface area contributed by atoms with Crippen molar-refractivity contribution in [2.24, 2.45) is 5.10 Å². The molecule has 8 heteroatoms. The molecular weight excluding hydrogens is 316 g/mol. The van der Waals surface area contributed by atoms with Crippen molar-refractivity contribution in [2.45, 2.75) is 6.92 Å². The molecule has 1 amide bonds. The standard InChI is InChI=1S/C15H12N4O3S/c1-9-12(19-6-7-23-15(19)17-9)13(20)18-16-8-10-2-4-11(5-3-10)14(21)22/h2-8H,1H3,(H,18,20)(H,21,22). The Balaban J connectivity index is 1.72. The van der Waals surface area contributed by atoms with E-state index in [4.69, 9.17) is 5.11 Å². The molecule has 0 radical (unpaired) electrons. The highest BCUT2D eigenvalue weighted by Crippen LogP contribution is 2.16. The van der Waals surface area contributed by atoms with Crippen LogP contribution in [-0.4, -0.2) is 32.6 Å². The molecule has 3 rings (SSSR count). The number of nitrogens with zero attached hydrogens (tertiary/aromatic N) is 3. The summed E-state index contributed by atoms with van der Waals surface area (Å²) in [7, 11) is 0. The van der Waals surface area contributed by atoms with Gasteiger partial charge in [0.2, 0.25) is 0 Å². The molecule has 0 aliphatic carbocycles. The van der Waals surface area contributed by atoms with Crippen LogP contribution in [0.1, 0.15) is 32.1 Å². The van der Waals surface area contributed by atoms with Crippen LogP contribution in [0.3, 0.4) is 0 Å². The second kappa shape index (κ2) is 6.01. The first-order valence-corrected chi connectivity index (χ1v) is 7.53. The number of hydrazone groups is 1. The second-order valence-corrected chi connectivity index (χ2v) is 5.60. The average Bonchev–Trinajstić information content (AvgIpc) is 3.07. The van der Waals surface area contributed by atoms with E-state index in [1.165, 1.54) is 29.7 Å². The average molecular weight is 328 g/mol. The third-order valence-corrected chi connectivity index (χ3v) is 3.95. The number of rotatable bonds is 4. The Morgan fingerprint density at radius 3 is 2.78 bits per heavy atom. The minimum atomic E-state index is -0.988. The Hall–Kier alpha value is -3.00. The summed E-state index contributed by atoms with van der Waals surface area (Å²) >= 11 is 1.45. The van der Waals surface area contributed by atoms with Crippen molar-refractivity contribution in [2.75, 3.05) is 0 Å². The Labute approximate surface area is 134 Å². The number of hydrogen-bond donors (Lipinski definition) is 2. The molecule has 0 fully saturated rings. The van der Waals surface area contributed by atoms with Crippen LogP contribution in [0, 0.1) is 6.92 Å². The molecule has 0 aliphatic rings. The van der Waals surface area contributed by atoms with Crippen molar-refractivity contribution in [3.63, 3.8) is 0 Å². The van der Waals surface area contributed by atoms with Crippen molar-refractivity contribution in [3.8, 4) is 0 Å². The molecule has 0 saturated heterocycles. The van der Waals surface area contributed by atoms with Crippen LogP contribution in [0.15, 0.2) is 40.9 Å². The molecule has 1 aromatic carbocycles. The van der Waals surface area contributed by atoms with E-state index in [0.29, 0.717) is 17.0 Å². The van der Waals surface area contributed by atoms with E-state index in [0.717, 1.165) is 4.96 Å². The number of imidazole rings is 1. The number of carboxylic acids is 1. The van der Waals surface area contributed by atoms with Crippen molar-refractivity contribution in [3.05, 3.63) is 58.4 Å². The fourth-order valence-corrected chi connectivity index (χ4v) is 2.86. The van der Waals surface area contributed by atoms with Crippen molar-refractivity contribution >= 4 is 34.4 Å². The minimum Gasteiger partial charge on any atom is -0.478 e. The predicted octanol–water partition coefficient (Wildman–Crippen LogP) is 2.17.